The predicted molar refractivity (Wildman–Crippen MR) is 133 cm³/mol. The third-order valence-electron chi connectivity index (χ3n) is 4.75. The number of nitrogens with zero attached hydrogens (tertiary/aromatic N) is 3. The lowest BCUT2D eigenvalue weighted by atomic mass is 10.1. The minimum Gasteiger partial charge on any atom is -0.497 e. The molecule has 0 aliphatic heterocycles. The molecular weight excluding hydrogens is 489 g/mol. The summed E-state index contributed by atoms with van der Waals surface area (Å²) in [5, 5.41) is 11.4. The van der Waals surface area contributed by atoms with Gasteiger partial charge in [-0.3, -0.25) is 4.99 Å². The third kappa shape index (κ3) is 6.76. The fourth-order valence-corrected chi connectivity index (χ4v) is 3.13. The van der Waals surface area contributed by atoms with Gasteiger partial charge in [-0.1, -0.05) is 30.3 Å². The van der Waals surface area contributed by atoms with Gasteiger partial charge >= 0.3 is 0 Å². The molecule has 0 unspecified atom stereocenters. The van der Waals surface area contributed by atoms with Crippen molar-refractivity contribution in [2.75, 3.05) is 20.7 Å². The molecule has 6 nitrogen and oxygen atoms in total. The number of aromatic nitrogens is 2. The van der Waals surface area contributed by atoms with Crippen LogP contribution in [0.2, 0.25) is 0 Å². The number of benzene rings is 2. The van der Waals surface area contributed by atoms with Crippen LogP contribution in [0.25, 0.3) is 5.69 Å². The van der Waals surface area contributed by atoms with Gasteiger partial charge in [0.25, 0.3) is 0 Å². The van der Waals surface area contributed by atoms with Crippen LogP contribution >= 0.6 is 24.0 Å². The number of nitrogens with one attached hydrogen (secondary N) is 2. The first kappa shape index (κ1) is 23.7. The molecule has 2 aromatic carbocycles. The Balaban J connectivity index is 0.00000320. The average Bonchev–Trinajstić information content (AvgIpc) is 3.14. The zero-order valence-corrected chi connectivity index (χ0v) is 20.1. The summed E-state index contributed by atoms with van der Waals surface area (Å²) in [6.45, 7) is 3.60. The Bertz CT molecular complexity index is 940. The van der Waals surface area contributed by atoms with Crippen LogP contribution in [0.1, 0.15) is 23.2 Å². The van der Waals surface area contributed by atoms with Gasteiger partial charge in [0.1, 0.15) is 5.75 Å². The molecule has 3 rings (SSSR count). The second-order valence-corrected chi connectivity index (χ2v) is 6.83. The highest BCUT2D eigenvalue weighted by molar-refractivity contribution is 14.0. The summed E-state index contributed by atoms with van der Waals surface area (Å²) in [4.78, 5) is 4.30. The molecule has 0 fully saturated rings. The Hall–Kier alpha value is -2.55. The van der Waals surface area contributed by atoms with E-state index in [-0.39, 0.29) is 24.0 Å². The number of para-hydroxylation sites is 1. The van der Waals surface area contributed by atoms with E-state index in [0.717, 1.165) is 48.0 Å². The van der Waals surface area contributed by atoms with Crippen molar-refractivity contribution in [1.82, 2.24) is 20.4 Å². The van der Waals surface area contributed by atoms with Gasteiger partial charge in [-0.25, -0.2) is 4.68 Å². The number of hydrogen-bond donors (Lipinski definition) is 2. The first-order valence-corrected chi connectivity index (χ1v) is 9.87. The average molecular weight is 519 g/mol. The number of rotatable bonds is 8. The zero-order chi connectivity index (χ0) is 20.5. The van der Waals surface area contributed by atoms with Crippen molar-refractivity contribution in [3.8, 4) is 11.4 Å². The monoisotopic (exact) mass is 519 g/mol. The van der Waals surface area contributed by atoms with E-state index in [1.54, 1.807) is 14.2 Å². The summed E-state index contributed by atoms with van der Waals surface area (Å²) in [6, 6.07) is 18.2. The van der Waals surface area contributed by atoms with Crippen molar-refractivity contribution in [3.63, 3.8) is 0 Å². The molecule has 1 heterocycles. The van der Waals surface area contributed by atoms with Crippen LogP contribution in [-0.4, -0.2) is 36.4 Å². The number of methoxy groups -OCH3 is 1. The van der Waals surface area contributed by atoms with Crippen LogP contribution < -0.4 is 15.4 Å². The maximum Gasteiger partial charge on any atom is 0.191 e. The fourth-order valence-electron chi connectivity index (χ4n) is 3.13. The molecule has 0 spiro atoms. The molecule has 0 bridgehead atoms. The van der Waals surface area contributed by atoms with E-state index in [4.69, 9.17) is 4.74 Å². The lowest BCUT2D eigenvalue weighted by molar-refractivity contribution is 0.414. The van der Waals surface area contributed by atoms with Crippen LogP contribution in [0, 0.1) is 6.92 Å². The lowest BCUT2D eigenvalue weighted by Crippen LogP contribution is -2.37. The molecule has 1 aromatic heterocycles. The van der Waals surface area contributed by atoms with Crippen molar-refractivity contribution in [1.29, 1.82) is 0 Å². The fraction of sp³-hybridized carbons (Fsp3) is 0.304. The Morgan fingerprint density at radius 2 is 1.90 bits per heavy atom. The van der Waals surface area contributed by atoms with Crippen LogP contribution in [0.3, 0.4) is 0 Å². The van der Waals surface area contributed by atoms with E-state index < -0.39 is 0 Å². The number of ether oxygens (including phenoxy) is 1. The van der Waals surface area contributed by atoms with Crippen molar-refractivity contribution in [3.05, 3.63) is 77.6 Å². The summed E-state index contributed by atoms with van der Waals surface area (Å²) in [6.07, 6.45) is 4.10. The molecule has 7 heteroatoms. The van der Waals surface area contributed by atoms with E-state index in [1.807, 2.05) is 41.1 Å². The minimum absolute atomic E-state index is 0. The van der Waals surface area contributed by atoms with Crippen molar-refractivity contribution < 1.29 is 4.74 Å². The molecule has 2 N–H and O–H groups in total. The van der Waals surface area contributed by atoms with E-state index in [0.29, 0.717) is 6.54 Å². The molecule has 0 saturated heterocycles. The number of hydrogen-bond acceptors (Lipinski definition) is 3. The highest BCUT2D eigenvalue weighted by Crippen LogP contribution is 2.13. The van der Waals surface area contributed by atoms with Gasteiger partial charge in [0.2, 0.25) is 0 Å². The Kier molecular flexibility index (Phi) is 9.66. The topological polar surface area (TPSA) is 63.5 Å². The van der Waals surface area contributed by atoms with Crippen LogP contribution in [-0.2, 0) is 13.0 Å². The van der Waals surface area contributed by atoms with Gasteiger partial charge < -0.3 is 15.4 Å². The number of aryl methyl sites for hydroxylation is 2. The quantitative estimate of drug-likeness (QED) is 0.204. The summed E-state index contributed by atoms with van der Waals surface area (Å²) in [5.74, 6) is 1.66. The van der Waals surface area contributed by atoms with Crippen molar-refractivity contribution in [2.45, 2.75) is 26.3 Å². The number of guanidine groups is 1. The molecule has 0 amide bonds. The van der Waals surface area contributed by atoms with Gasteiger partial charge in [0, 0.05) is 26.3 Å². The normalized spacial score (nSPS) is 11.0. The van der Waals surface area contributed by atoms with Gasteiger partial charge in [0.15, 0.2) is 5.96 Å². The first-order valence-electron chi connectivity index (χ1n) is 9.87. The number of aliphatic imine (C=N–C) groups is 1. The maximum absolute atomic E-state index is 5.27. The van der Waals surface area contributed by atoms with Crippen molar-refractivity contribution >= 4 is 29.9 Å². The SMILES string of the molecule is CN=C(NCCCc1cn(-c2ccccc2)nc1C)NCc1cccc(OC)c1.I. The van der Waals surface area contributed by atoms with Crippen molar-refractivity contribution in [2.24, 2.45) is 4.99 Å². The lowest BCUT2D eigenvalue weighted by Gasteiger charge is -2.12. The van der Waals surface area contributed by atoms with Gasteiger partial charge in [0.05, 0.1) is 18.5 Å². The first-order chi connectivity index (χ1) is 14.2. The molecule has 0 aliphatic carbocycles. The molecule has 0 atom stereocenters. The largest absolute Gasteiger partial charge is 0.497 e. The van der Waals surface area contributed by atoms with E-state index >= 15 is 0 Å². The van der Waals surface area contributed by atoms with Gasteiger partial charge in [-0.05, 0) is 55.2 Å². The predicted octanol–water partition coefficient (Wildman–Crippen LogP) is 4.11. The smallest absolute Gasteiger partial charge is 0.191 e. The van der Waals surface area contributed by atoms with Gasteiger partial charge in [-0.2, -0.15) is 5.10 Å². The Morgan fingerprint density at radius 3 is 2.63 bits per heavy atom. The Morgan fingerprint density at radius 1 is 1.10 bits per heavy atom. The van der Waals surface area contributed by atoms with E-state index in [2.05, 4.69) is 52.0 Å². The maximum atomic E-state index is 5.27. The molecule has 0 aliphatic rings. The molecule has 30 heavy (non-hydrogen) atoms. The molecular formula is C23H30IN5O. The standard InChI is InChI=1S/C23H29N5O.HI/c1-18-20(17-28(27-18)21-11-5-4-6-12-21)10-8-14-25-23(24-2)26-16-19-9-7-13-22(15-19)29-3;/h4-7,9,11-13,15,17H,8,10,14,16H2,1-3H3,(H2,24,25,26);1H. The second kappa shape index (κ2) is 12.2. The molecule has 160 valence electrons. The second-order valence-electron chi connectivity index (χ2n) is 6.83. The van der Waals surface area contributed by atoms with E-state index in [1.165, 1.54) is 5.56 Å². The molecule has 3 aromatic rings. The van der Waals surface area contributed by atoms with E-state index in [9.17, 15) is 0 Å². The third-order valence-corrected chi connectivity index (χ3v) is 4.75. The summed E-state index contributed by atoms with van der Waals surface area (Å²) in [7, 11) is 3.47. The highest BCUT2D eigenvalue weighted by atomic mass is 127. The minimum atomic E-state index is 0. The summed E-state index contributed by atoms with van der Waals surface area (Å²) >= 11 is 0. The Labute approximate surface area is 195 Å². The molecule has 0 saturated carbocycles. The van der Waals surface area contributed by atoms with Crippen LogP contribution in [0.5, 0.6) is 5.75 Å². The molecule has 0 radical (unpaired) electrons. The zero-order valence-electron chi connectivity index (χ0n) is 17.8. The highest BCUT2D eigenvalue weighted by Gasteiger charge is 2.06. The number of halogens is 1. The summed E-state index contributed by atoms with van der Waals surface area (Å²) in [5.41, 5.74) is 4.59. The van der Waals surface area contributed by atoms with Crippen LogP contribution in [0.4, 0.5) is 0 Å². The van der Waals surface area contributed by atoms with Gasteiger partial charge in [-0.15, -0.1) is 24.0 Å². The summed E-state index contributed by atoms with van der Waals surface area (Å²) < 4.78 is 7.22. The van der Waals surface area contributed by atoms with Crippen LogP contribution in [0.15, 0.2) is 65.8 Å².